The quantitative estimate of drug-likeness (QED) is 0.759. The predicted octanol–water partition coefficient (Wildman–Crippen LogP) is 3.09. The van der Waals surface area contributed by atoms with Gasteiger partial charge in [0.1, 0.15) is 0 Å². The van der Waals surface area contributed by atoms with Gasteiger partial charge < -0.3 is 4.98 Å². The van der Waals surface area contributed by atoms with E-state index in [4.69, 9.17) is 11.6 Å². The summed E-state index contributed by atoms with van der Waals surface area (Å²) < 4.78 is 1.67. The predicted molar refractivity (Wildman–Crippen MR) is 71.0 cm³/mol. The SMILES string of the molecule is O=c1[nH]c2cccc(Cl)c2n1Cc1cccs1. The molecule has 3 nitrogen and oxygen atoms in total. The maximum Gasteiger partial charge on any atom is 0.326 e. The number of aromatic amines is 1. The molecule has 0 fully saturated rings. The van der Waals surface area contributed by atoms with Crippen molar-refractivity contribution < 1.29 is 0 Å². The topological polar surface area (TPSA) is 37.8 Å². The molecule has 0 saturated carbocycles. The number of thiophene rings is 1. The van der Waals surface area contributed by atoms with Gasteiger partial charge in [0.05, 0.1) is 22.6 Å². The molecule has 2 aromatic heterocycles. The molecule has 1 aromatic carbocycles. The summed E-state index contributed by atoms with van der Waals surface area (Å²) in [4.78, 5) is 15.8. The summed E-state index contributed by atoms with van der Waals surface area (Å²) >= 11 is 7.77. The molecule has 0 spiro atoms. The molecular formula is C12H9ClN2OS. The van der Waals surface area contributed by atoms with Crippen LogP contribution in [-0.2, 0) is 6.54 Å². The summed E-state index contributed by atoms with van der Waals surface area (Å²) in [7, 11) is 0. The van der Waals surface area contributed by atoms with E-state index in [-0.39, 0.29) is 5.69 Å². The summed E-state index contributed by atoms with van der Waals surface area (Å²) in [6.45, 7) is 0.556. The van der Waals surface area contributed by atoms with E-state index in [1.165, 1.54) is 0 Å². The number of halogens is 1. The van der Waals surface area contributed by atoms with Gasteiger partial charge in [-0.15, -0.1) is 11.3 Å². The minimum absolute atomic E-state index is 0.124. The van der Waals surface area contributed by atoms with E-state index in [1.807, 2.05) is 29.6 Å². The van der Waals surface area contributed by atoms with Crippen molar-refractivity contribution in [1.82, 2.24) is 9.55 Å². The second kappa shape index (κ2) is 4.05. The molecule has 2 heterocycles. The molecule has 0 unspecified atom stereocenters. The third-order valence-corrected chi connectivity index (χ3v) is 3.80. The smallest absolute Gasteiger partial charge is 0.305 e. The molecule has 5 heteroatoms. The number of para-hydroxylation sites is 1. The fraction of sp³-hybridized carbons (Fsp3) is 0.0833. The normalized spacial score (nSPS) is 11.1. The van der Waals surface area contributed by atoms with E-state index in [9.17, 15) is 4.79 Å². The summed E-state index contributed by atoms with van der Waals surface area (Å²) in [5.41, 5.74) is 1.42. The number of aromatic nitrogens is 2. The van der Waals surface area contributed by atoms with Crippen molar-refractivity contribution >= 4 is 34.0 Å². The van der Waals surface area contributed by atoms with E-state index >= 15 is 0 Å². The van der Waals surface area contributed by atoms with Crippen LogP contribution in [0.15, 0.2) is 40.5 Å². The number of nitrogens with zero attached hydrogens (tertiary/aromatic N) is 1. The summed E-state index contributed by atoms with van der Waals surface area (Å²) in [5.74, 6) is 0. The number of H-pyrrole nitrogens is 1. The minimum atomic E-state index is -0.124. The van der Waals surface area contributed by atoms with Crippen LogP contribution in [0, 0.1) is 0 Å². The van der Waals surface area contributed by atoms with Crippen molar-refractivity contribution in [3.63, 3.8) is 0 Å². The molecular weight excluding hydrogens is 256 g/mol. The van der Waals surface area contributed by atoms with Gasteiger partial charge >= 0.3 is 5.69 Å². The Morgan fingerprint density at radius 1 is 1.29 bits per heavy atom. The molecule has 0 radical (unpaired) electrons. The lowest BCUT2D eigenvalue weighted by Gasteiger charge is -2.02. The number of fused-ring (bicyclic) bond motifs is 1. The van der Waals surface area contributed by atoms with Gasteiger partial charge in [-0.3, -0.25) is 4.57 Å². The number of imidazole rings is 1. The van der Waals surface area contributed by atoms with Crippen LogP contribution in [0.5, 0.6) is 0 Å². The molecule has 17 heavy (non-hydrogen) atoms. The molecule has 0 atom stereocenters. The maximum atomic E-state index is 11.9. The maximum absolute atomic E-state index is 11.9. The monoisotopic (exact) mass is 264 g/mol. The molecule has 0 bridgehead atoms. The Morgan fingerprint density at radius 3 is 2.94 bits per heavy atom. The van der Waals surface area contributed by atoms with E-state index in [0.29, 0.717) is 11.6 Å². The zero-order valence-corrected chi connectivity index (χ0v) is 10.4. The highest BCUT2D eigenvalue weighted by molar-refractivity contribution is 7.09. The molecule has 86 valence electrons. The van der Waals surface area contributed by atoms with E-state index < -0.39 is 0 Å². The third kappa shape index (κ3) is 1.79. The van der Waals surface area contributed by atoms with Crippen molar-refractivity contribution in [3.8, 4) is 0 Å². The number of benzene rings is 1. The number of hydrogen-bond donors (Lipinski definition) is 1. The lowest BCUT2D eigenvalue weighted by atomic mass is 10.3. The highest BCUT2D eigenvalue weighted by atomic mass is 35.5. The van der Waals surface area contributed by atoms with Crippen LogP contribution in [-0.4, -0.2) is 9.55 Å². The van der Waals surface area contributed by atoms with E-state index in [2.05, 4.69) is 4.98 Å². The average Bonchev–Trinajstić information content (AvgIpc) is 2.89. The second-order valence-corrected chi connectivity index (χ2v) is 5.17. The molecule has 0 amide bonds. The van der Waals surface area contributed by atoms with Crippen LogP contribution in [0.25, 0.3) is 11.0 Å². The number of rotatable bonds is 2. The van der Waals surface area contributed by atoms with Gasteiger partial charge in [-0.1, -0.05) is 23.7 Å². The highest BCUT2D eigenvalue weighted by Gasteiger charge is 2.10. The largest absolute Gasteiger partial charge is 0.326 e. The Balaban J connectivity index is 2.21. The van der Waals surface area contributed by atoms with Crippen molar-refractivity contribution in [2.75, 3.05) is 0 Å². The first-order valence-corrected chi connectivity index (χ1v) is 6.41. The summed E-state index contributed by atoms with van der Waals surface area (Å²) in [6.07, 6.45) is 0. The van der Waals surface area contributed by atoms with Crippen LogP contribution >= 0.6 is 22.9 Å². The Kier molecular flexibility index (Phi) is 2.53. The van der Waals surface area contributed by atoms with E-state index in [0.717, 1.165) is 15.9 Å². The van der Waals surface area contributed by atoms with Crippen molar-refractivity contribution in [1.29, 1.82) is 0 Å². The molecule has 3 rings (SSSR count). The first-order valence-electron chi connectivity index (χ1n) is 5.15. The molecule has 0 saturated heterocycles. The molecule has 0 aliphatic rings. The average molecular weight is 265 g/mol. The van der Waals surface area contributed by atoms with Crippen LogP contribution in [0.2, 0.25) is 5.02 Å². The lowest BCUT2D eigenvalue weighted by Crippen LogP contribution is -2.16. The van der Waals surface area contributed by atoms with Gasteiger partial charge in [-0.05, 0) is 23.6 Å². The molecule has 0 aliphatic carbocycles. The van der Waals surface area contributed by atoms with Crippen molar-refractivity contribution in [3.05, 3.63) is 56.1 Å². The first kappa shape index (κ1) is 10.6. The number of hydrogen-bond acceptors (Lipinski definition) is 2. The third-order valence-electron chi connectivity index (χ3n) is 2.64. The number of nitrogens with one attached hydrogen (secondary N) is 1. The Hall–Kier alpha value is -1.52. The van der Waals surface area contributed by atoms with Crippen molar-refractivity contribution in [2.24, 2.45) is 0 Å². The zero-order valence-electron chi connectivity index (χ0n) is 8.81. The zero-order chi connectivity index (χ0) is 11.8. The van der Waals surface area contributed by atoms with Gasteiger partial charge in [0.15, 0.2) is 0 Å². The highest BCUT2D eigenvalue weighted by Crippen LogP contribution is 2.22. The fourth-order valence-corrected chi connectivity index (χ4v) is 2.85. The van der Waals surface area contributed by atoms with Gasteiger partial charge in [-0.25, -0.2) is 4.79 Å². The molecule has 1 N–H and O–H groups in total. The second-order valence-electron chi connectivity index (χ2n) is 3.73. The van der Waals surface area contributed by atoms with Crippen LogP contribution in [0.3, 0.4) is 0 Å². The van der Waals surface area contributed by atoms with Crippen LogP contribution < -0.4 is 5.69 Å². The summed E-state index contributed by atoms with van der Waals surface area (Å²) in [5, 5.41) is 2.59. The van der Waals surface area contributed by atoms with Gasteiger partial charge in [0.2, 0.25) is 0 Å². The fourth-order valence-electron chi connectivity index (χ4n) is 1.88. The lowest BCUT2D eigenvalue weighted by molar-refractivity contribution is 0.798. The Bertz CT molecular complexity index is 712. The standard InChI is InChI=1S/C12H9ClN2OS/c13-9-4-1-5-10-11(9)15(12(16)14-10)7-8-3-2-6-17-8/h1-6H,7H2,(H,14,16). The van der Waals surface area contributed by atoms with Gasteiger partial charge in [0.25, 0.3) is 0 Å². The minimum Gasteiger partial charge on any atom is -0.305 e. The molecule has 3 aromatic rings. The van der Waals surface area contributed by atoms with E-state index in [1.54, 1.807) is 22.0 Å². The Labute approximate surface area is 106 Å². The molecule has 0 aliphatic heterocycles. The van der Waals surface area contributed by atoms with Gasteiger partial charge in [-0.2, -0.15) is 0 Å². The van der Waals surface area contributed by atoms with Crippen LogP contribution in [0.1, 0.15) is 4.88 Å². The van der Waals surface area contributed by atoms with Crippen molar-refractivity contribution in [2.45, 2.75) is 6.54 Å². The van der Waals surface area contributed by atoms with Crippen LogP contribution in [0.4, 0.5) is 0 Å². The Morgan fingerprint density at radius 2 is 2.18 bits per heavy atom. The summed E-state index contributed by atoms with van der Waals surface area (Å²) in [6, 6.07) is 9.46. The van der Waals surface area contributed by atoms with Gasteiger partial charge in [0, 0.05) is 4.88 Å². The first-order chi connectivity index (χ1) is 8.25.